The van der Waals surface area contributed by atoms with Gasteiger partial charge in [-0.1, -0.05) is 0 Å². The van der Waals surface area contributed by atoms with Crippen LogP contribution in [0, 0.1) is 33.9 Å². The zero-order valence-electron chi connectivity index (χ0n) is 17.3. The first-order chi connectivity index (χ1) is 14.5. The van der Waals surface area contributed by atoms with E-state index in [2.05, 4.69) is 4.58 Å². The van der Waals surface area contributed by atoms with E-state index in [-0.39, 0.29) is 16.2 Å². The zero-order chi connectivity index (χ0) is 20.5. The van der Waals surface area contributed by atoms with Crippen molar-refractivity contribution in [3.63, 3.8) is 0 Å². The van der Waals surface area contributed by atoms with E-state index in [1.54, 1.807) is 6.07 Å². The lowest BCUT2D eigenvalue weighted by Gasteiger charge is -2.56. The Morgan fingerprint density at radius 3 is 2.23 bits per heavy atom. The number of nitrogens with zero attached hydrogens (tertiary/aromatic N) is 1. The van der Waals surface area contributed by atoms with Crippen LogP contribution in [0.3, 0.4) is 0 Å². The summed E-state index contributed by atoms with van der Waals surface area (Å²) < 4.78 is 24.4. The molecule has 7 rings (SSSR count). The lowest BCUT2D eigenvalue weighted by Crippen LogP contribution is -2.48. The molecular formula is C24H30FNO3S. The number of carbonyl (C=O) groups excluding carboxylic acids is 1. The second kappa shape index (κ2) is 7.04. The summed E-state index contributed by atoms with van der Waals surface area (Å²) in [5.41, 5.74) is 1.28. The molecule has 0 aliphatic heterocycles. The van der Waals surface area contributed by atoms with E-state index in [9.17, 15) is 14.1 Å². The normalized spacial score (nSPS) is 35.9. The van der Waals surface area contributed by atoms with Gasteiger partial charge >= 0.3 is 0 Å². The molecule has 0 aromatic heterocycles. The maximum Gasteiger partial charge on any atom is 0.224 e. The van der Waals surface area contributed by atoms with E-state index in [1.165, 1.54) is 44.6 Å². The van der Waals surface area contributed by atoms with Crippen LogP contribution in [0.4, 0.5) is 4.39 Å². The standard InChI is InChI=1S/C24H30FNO3S/c25-21-9-22(29-13-24-10-14-5-15(11-24)7-16(6-14)12-24)19(17-1-2-17)8-20(21)23(27)30(26-28)18-3-4-18/h8-9,14-18,30H,1-7,10-13H2. The predicted octanol–water partition coefficient (Wildman–Crippen LogP) is 6.28. The Morgan fingerprint density at radius 2 is 1.70 bits per heavy atom. The maximum atomic E-state index is 15.0. The highest BCUT2D eigenvalue weighted by Crippen LogP contribution is 2.60. The van der Waals surface area contributed by atoms with Crippen molar-refractivity contribution in [2.24, 2.45) is 27.8 Å². The van der Waals surface area contributed by atoms with Crippen LogP contribution in [0.2, 0.25) is 0 Å². The van der Waals surface area contributed by atoms with Crippen molar-refractivity contribution in [2.45, 2.75) is 75.4 Å². The second-order valence-corrected chi connectivity index (χ2v) is 12.8. The van der Waals surface area contributed by atoms with Crippen molar-refractivity contribution in [3.8, 4) is 5.75 Å². The molecule has 1 unspecified atom stereocenters. The fourth-order valence-electron chi connectivity index (χ4n) is 6.98. The van der Waals surface area contributed by atoms with E-state index in [0.717, 1.165) is 49.0 Å². The molecule has 162 valence electrons. The van der Waals surface area contributed by atoms with Gasteiger partial charge in [-0.2, -0.15) is 0 Å². The van der Waals surface area contributed by atoms with Crippen LogP contribution >= 0.6 is 11.1 Å². The van der Waals surface area contributed by atoms with E-state index in [0.29, 0.717) is 18.3 Å². The maximum absolute atomic E-state index is 15.0. The molecule has 6 saturated carbocycles. The molecule has 1 aromatic carbocycles. The number of rotatable bonds is 7. The molecule has 0 saturated heterocycles. The summed E-state index contributed by atoms with van der Waals surface area (Å²) in [6, 6.07) is 3.11. The molecule has 0 heterocycles. The topological polar surface area (TPSA) is 55.7 Å². The monoisotopic (exact) mass is 431 g/mol. The van der Waals surface area contributed by atoms with Gasteiger partial charge in [0.05, 0.1) is 12.2 Å². The summed E-state index contributed by atoms with van der Waals surface area (Å²) in [6.07, 6.45) is 11.8. The van der Waals surface area contributed by atoms with Crippen molar-refractivity contribution < 1.29 is 13.9 Å². The number of ether oxygens (including phenoxy) is 1. The molecule has 1 atom stereocenters. The van der Waals surface area contributed by atoms with Crippen molar-refractivity contribution in [2.75, 3.05) is 6.61 Å². The molecule has 0 N–H and O–H groups in total. The molecule has 0 radical (unpaired) electrons. The van der Waals surface area contributed by atoms with Crippen molar-refractivity contribution in [1.29, 1.82) is 0 Å². The van der Waals surface area contributed by atoms with Gasteiger partial charge < -0.3 is 4.74 Å². The average molecular weight is 432 g/mol. The number of hydrogen-bond donors (Lipinski definition) is 1. The van der Waals surface area contributed by atoms with Gasteiger partial charge in [0.2, 0.25) is 5.12 Å². The number of thiol groups is 1. The van der Waals surface area contributed by atoms with Crippen LogP contribution in [0.1, 0.15) is 86.0 Å². The lowest BCUT2D eigenvalue weighted by atomic mass is 9.50. The minimum absolute atomic E-state index is 0.0525. The Kier molecular flexibility index (Phi) is 4.52. The van der Waals surface area contributed by atoms with Crippen LogP contribution in [0.25, 0.3) is 0 Å². The van der Waals surface area contributed by atoms with Crippen molar-refractivity contribution in [1.82, 2.24) is 0 Å². The summed E-state index contributed by atoms with van der Waals surface area (Å²) in [4.78, 5) is 24.1. The molecule has 6 heteroatoms. The van der Waals surface area contributed by atoms with Crippen LogP contribution in [0.5, 0.6) is 5.75 Å². The fourth-order valence-corrected chi connectivity index (χ4v) is 8.58. The first-order valence-corrected chi connectivity index (χ1v) is 13.0. The lowest BCUT2D eigenvalue weighted by molar-refractivity contribution is -0.0746. The van der Waals surface area contributed by atoms with Gasteiger partial charge in [0.25, 0.3) is 0 Å². The smallest absolute Gasteiger partial charge is 0.224 e. The highest BCUT2D eigenvalue weighted by Gasteiger charge is 2.51. The van der Waals surface area contributed by atoms with Gasteiger partial charge in [-0.3, -0.25) is 4.79 Å². The Balaban J connectivity index is 1.25. The average Bonchev–Trinajstić information content (AvgIpc) is 3.59. The number of benzene rings is 1. The largest absolute Gasteiger partial charge is 0.493 e. The summed E-state index contributed by atoms with van der Waals surface area (Å²) in [7, 11) is 0. The second-order valence-electron chi connectivity index (χ2n) is 10.8. The first kappa shape index (κ1) is 19.3. The number of hydrogen-bond acceptors (Lipinski definition) is 4. The Hall–Kier alpha value is -1.43. The third-order valence-electron chi connectivity index (χ3n) is 8.23. The van der Waals surface area contributed by atoms with Gasteiger partial charge in [0, 0.05) is 16.7 Å². The minimum atomic E-state index is -1.66. The van der Waals surface area contributed by atoms with Gasteiger partial charge in [0.15, 0.2) is 0 Å². The number of nitroso groups, excluding NO2 is 1. The SMILES string of the molecule is O=N[SH](C(=O)c1cc(C2CC2)c(OCC23CC4CC(CC(C4)C2)C3)cc1F)C1CC1. The highest BCUT2D eigenvalue weighted by atomic mass is 32.2. The minimum Gasteiger partial charge on any atom is -0.493 e. The highest BCUT2D eigenvalue weighted by molar-refractivity contribution is 8.29. The van der Waals surface area contributed by atoms with Gasteiger partial charge in [-0.15, -0.1) is 4.91 Å². The van der Waals surface area contributed by atoms with Crippen LogP contribution in [0.15, 0.2) is 16.7 Å². The first-order valence-electron chi connectivity index (χ1n) is 11.7. The predicted molar refractivity (Wildman–Crippen MR) is 117 cm³/mol. The molecular weight excluding hydrogens is 401 g/mol. The Morgan fingerprint density at radius 1 is 1.07 bits per heavy atom. The third-order valence-corrected chi connectivity index (χ3v) is 10.3. The zero-order valence-corrected chi connectivity index (χ0v) is 18.2. The molecule has 0 amide bonds. The van der Waals surface area contributed by atoms with Crippen LogP contribution in [-0.2, 0) is 0 Å². The molecule has 4 nitrogen and oxygen atoms in total. The molecule has 1 aromatic rings. The number of halogens is 1. The fraction of sp³-hybridized carbons (Fsp3) is 0.708. The summed E-state index contributed by atoms with van der Waals surface area (Å²) in [5.74, 6) is 2.99. The molecule has 4 bridgehead atoms. The summed E-state index contributed by atoms with van der Waals surface area (Å²) in [5, 5.41) is -0.338. The summed E-state index contributed by atoms with van der Waals surface area (Å²) in [6.45, 7) is 0.674. The van der Waals surface area contributed by atoms with Gasteiger partial charge in [-0.25, -0.2) is 4.39 Å². The Labute approximate surface area is 179 Å². The van der Waals surface area contributed by atoms with Crippen LogP contribution in [-0.4, -0.2) is 17.0 Å². The molecule has 6 aliphatic rings. The van der Waals surface area contributed by atoms with Gasteiger partial charge in [0.1, 0.15) is 11.6 Å². The number of carbonyl (C=O) groups is 1. The van der Waals surface area contributed by atoms with Crippen LogP contribution < -0.4 is 4.74 Å². The quantitative estimate of drug-likeness (QED) is 0.408. The molecule has 30 heavy (non-hydrogen) atoms. The van der Waals surface area contributed by atoms with E-state index >= 15 is 0 Å². The molecule has 6 fully saturated rings. The van der Waals surface area contributed by atoms with Crippen molar-refractivity contribution in [3.05, 3.63) is 34.0 Å². The molecule has 0 spiro atoms. The third kappa shape index (κ3) is 3.39. The summed E-state index contributed by atoms with van der Waals surface area (Å²) >= 11 is -1.66. The Bertz CT molecular complexity index is 859. The van der Waals surface area contributed by atoms with E-state index < -0.39 is 22.0 Å². The van der Waals surface area contributed by atoms with E-state index in [1.807, 2.05) is 0 Å². The van der Waals surface area contributed by atoms with Crippen molar-refractivity contribution >= 4 is 16.2 Å². The van der Waals surface area contributed by atoms with Gasteiger partial charge in [-0.05, 0) is 115 Å². The van der Waals surface area contributed by atoms with E-state index in [4.69, 9.17) is 4.74 Å². The molecule has 6 aliphatic carbocycles.